The number of nitrogens with one attached hydrogen (secondary N) is 1. The Morgan fingerprint density at radius 3 is 2.35 bits per heavy atom. The van der Waals surface area contributed by atoms with Gasteiger partial charge in [0, 0.05) is 28.5 Å². The number of esters is 1. The quantitative estimate of drug-likeness (QED) is 0.169. The number of fused-ring (bicyclic) bond motifs is 2. The molecule has 232 valence electrons. The Morgan fingerprint density at radius 2 is 1.61 bits per heavy atom. The van der Waals surface area contributed by atoms with Gasteiger partial charge in [-0.1, -0.05) is 65.7 Å². The van der Waals surface area contributed by atoms with E-state index in [1.807, 2.05) is 84.9 Å². The van der Waals surface area contributed by atoms with Crippen molar-refractivity contribution in [1.82, 2.24) is 4.98 Å². The molecule has 6 nitrogen and oxygen atoms in total. The molecule has 0 saturated heterocycles. The van der Waals surface area contributed by atoms with Gasteiger partial charge in [0.2, 0.25) is 0 Å². The summed E-state index contributed by atoms with van der Waals surface area (Å²) in [7, 11) is 0. The fourth-order valence-corrected chi connectivity index (χ4v) is 6.26. The van der Waals surface area contributed by atoms with Gasteiger partial charge in [0.25, 0.3) is 5.91 Å². The number of nitrogens with zero attached hydrogens (tertiary/aromatic N) is 2. The Hall–Kier alpha value is -4.65. The number of hydrogen-bond acceptors (Lipinski definition) is 5. The monoisotopic (exact) mass is 649 g/mol. The molecule has 0 saturated carbocycles. The molecule has 1 heterocycles. The van der Waals surface area contributed by atoms with Gasteiger partial charge in [-0.2, -0.15) is 0 Å². The van der Waals surface area contributed by atoms with Crippen LogP contribution >= 0.6 is 23.2 Å². The van der Waals surface area contributed by atoms with E-state index >= 15 is 0 Å². The molecular formula is C38H33Cl2N3O3. The van der Waals surface area contributed by atoms with Crippen molar-refractivity contribution in [2.75, 3.05) is 16.8 Å². The van der Waals surface area contributed by atoms with Gasteiger partial charge in [-0.25, -0.2) is 9.78 Å². The summed E-state index contributed by atoms with van der Waals surface area (Å²) >= 11 is 12.4. The zero-order chi connectivity index (χ0) is 32.2. The Bertz CT molecular complexity index is 1940. The van der Waals surface area contributed by atoms with E-state index in [9.17, 15) is 9.59 Å². The van der Waals surface area contributed by atoms with Crippen molar-refractivity contribution in [1.29, 1.82) is 0 Å². The predicted octanol–water partition coefficient (Wildman–Crippen LogP) is 9.76. The number of allylic oxidation sites excluding steroid dienone is 1. The number of rotatable bonds is 8. The minimum Gasteiger partial charge on any atom is -0.452 e. The lowest BCUT2D eigenvalue weighted by Crippen LogP contribution is -2.25. The Labute approximate surface area is 278 Å². The zero-order valence-electron chi connectivity index (χ0n) is 25.6. The first-order valence-electron chi connectivity index (χ1n) is 15.3. The van der Waals surface area contributed by atoms with E-state index in [-0.39, 0.29) is 6.04 Å². The van der Waals surface area contributed by atoms with Gasteiger partial charge < -0.3 is 15.0 Å². The van der Waals surface area contributed by atoms with Crippen LogP contribution in [0, 0.1) is 0 Å². The highest BCUT2D eigenvalue weighted by atomic mass is 35.5. The Morgan fingerprint density at radius 1 is 0.891 bits per heavy atom. The highest BCUT2D eigenvalue weighted by molar-refractivity contribution is 6.42. The Balaban J connectivity index is 1.20. The van der Waals surface area contributed by atoms with E-state index in [1.54, 1.807) is 6.07 Å². The van der Waals surface area contributed by atoms with E-state index in [0.29, 0.717) is 38.6 Å². The predicted molar refractivity (Wildman–Crippen MR) is 188 cm³/mol. The van der Waals surface area contributed by atoms with E-state index in [2.05, 4.69) is 36.2 Å². The van der Waals surface area contributed by atoms with Crippen LogP contribution in [0.4, 0.5) is 17.1 Å². The second-order valence-corrected chi connectivity index (χ2v) is 12.3. The molecule has 0 atom stereocenters. The number of amides is 1. The van der Waals surface area contributed by atoms with Crippen molar-refractivity contribution in [2.45, 2.75) is 39.2 Å². The molecule has 1 aliphatic carbocycles. The first-order valence-corrected chi connectivity index (χ1v) is 16.0. The van der Waals surface area contributed by atoms with Gasteiger partial charge in [-0.05, 0) is 110 Å². The van der Waals surface area contributed by atoms with Crippen LogP contribution in [0.25, 0.3) is 22.6 Å². The third-order valence-corrected chi connectivity index (χ3v) is 8.71. The lowest BCUT2D eigenvalue weighted by atomic mass is 9.86. The van der Waals surface area contributed by atoms with Crippen LogP contribution in [0.2, 0.25) is 10.0 Å². The molecule has 0 aliphatic heterocycles. The Kier molecular flexibility index (Phi) is 9.38. The average Bonchev–Trinajstić information content (AvgIpc) is 3.06. The van der Waals surface area contributed by atoms with Crippen LogP contribution < -0.4 is 10.2 Å². The first-order chi connectivity index (χ1) is 22.3. The van der Waals surface area contributed by atoms with Crippen LogP contribution in [0.15, 0.2) is 97.1 Å². The van der Waals surface area contributed by atoms with Crippen molar-refractivity contribution < 1.29 is 14.3 Å². The van der Waals surface area contributed by atoms with Crippen molar-refractivity contribution in [3.8, 4) is 0 Å². The topological polar surface area (TPSA) is 71.5 Å². The maximum absolute atomic E-state index is 13.7. The number of carbonyl (C=O) groups excluding carboxylic acids is 2. The number of benzene rings is 4. The largest absolute Gasteiger partial charge is 0.452 e. The van der Waals surface area contributed by atoms with Gasteiger partial charge in [0.1, 0.15) is 0 Å². The second-order valence-electron chi connectivity index (χ2n) is 11.5. The SMILES string of the molecule is CC(C)N(c1ccccc1)c1ccc(NC(=O)COC(=O)c2c3c(nc4ccccc24)/C(=C/c2ccc(Cl)c(Cl)c2)CCC3)cc1. The lowest BCUT2D eigenvalue weighted by Gasteiger charge is -2.29. The first kappa shape index (κ1) is 31.3. The van der Waals surface area contributed by atoms with Crippen LogP contribution in [0.5, 0.6) is 0 Å². The lowest BCUT2D eigenvalue weighted by molar-refractivity contribution is -0.119. The number of carbonyl (C=O) groups is 2. The number of halogens is 2. The summed E-state index contributed by atoms with van der Waals surface area (Å²) in [5, 5.41) is 4.51. The molecule has 6 rings (SSSR count). The molecule has 8 heteroatoms. The van der Waals surface area contributed by atoms with Crippen LogP contribution in [0.3, 0.4) is 0 Å². The van der Waals surface area contributed by atoms with Crippen molar-refractivity contribution in [3.63, 3.8) is 0 Å². The molecule has 5 aromatic rings. The molecule has 0 spiro atoms. The number of hydrogen-bond donors (Lipinski definition) is 1. The van der Waals surface area contributed by atoms with Crippen molar-refractivity contribution >= 4 is 74.7 Å². The van der Waals surface area contributed by atoms with Gasteiger partial charge >= 0.3 is 5.97 Å². The number of aromatic nitrogens is 1. The van der Waals surface area contributed by atoms with Crippen LogP contribution in [0.1, 0.15) is 53.9 Å². The van der Waals surface area contributed by atoms with Gasteiger partial charge in [-0.3, -0.25) is 4.79 Å². The maximum Gasteiger partial charge on any atom is 0.339 e. The average molecular weight is 651 g/mol. The van der Waals surface area contributed by atoms with Gasteiger partial charge in [0.15, 0.2) is 6.61 Å². The molecular weight excluding hydrogens is 617 g/mol. The minimum atomic E-state index is -0.549. The summed E-state index contributed by atoms with van der Waals surface area (Å²) in [6.07, 6.45) is 4.35. The molecule has 0 fully saturated rings. The van der Waals surface area contributed by atoms with E-state index in [1.165, 1.54) is 0 Å². The molecule has 0 bridgehead atoms. The number of ether oxygens (including phenoxy) is 1. The third kappa shape index (κ3) is 6.79. The van der Waals surface area contributed by atoms with Gasteiger partial charge in [-0.15, -0.1) is 0 Å². The molecule has 0 unspecified atom stereocenters. The summed E-state index contributed by atoms with van der Waals surface area (Å²) in [6, 6.07) is 31.0. The van der Waals surface area contributed by atoms with Crippen molar-refractivity contribution in [3.05, 3.63) is 129 Å². The molecule has 0 radical (unpaired) electrons. The number of anilines is 3. The third-order valence-electron chi connectivity index (χ3n) is 7.97. The number of para-hydroxylation sites is 2. The fraction of sp³-hybridized carbons (Fsp3) is 0.184. The molecule has 1 aromatic heterocycles. The van der Waals surface area contributed by atoms with E-state index in [0.717, 1.165) is 46.6 Å². The van der Waals surface area contributed by atoms with E-state index < -0.39 is 18.5 Å². The highest BCUT2D eigenvalue weighted by Gasteiger charge is 2.26. The standard InChI is InChI=1S/C38H33Cl2N3O3/c1-24(2)43(28-10-4-3-5-11-28)29-18-16-27(17-19-29)41-35(44)23-46-38(45)36-30-12-6-7-14-34(30)42-37-26(9-8-13-31(36)37)21-25-15-20-32(39)33(40)22-25/h3-7,10-12,14-22,24H,8-9,13,23H2,1-2H3,(H,41,44)/b26-21+. The van der Waals surface area contributed by atoms with Crippen LogP contribution in [-0.4, -0.2) is 29.5 Å². The fourth-order valence-electron chi connectivity index (χ4n) is 5.95. The summed E-state index contributed by atoms with van der Waals surface area (Å²) in [5.74, 6) is -0.969. The normalized spacial score (nSPS) is 13.5. The zero-order valence-corrected chi connectivity index (χ0v) is 27.1. The molecule has 1 amide bonds. The molecule has 1 aliphatic rings. The molecule has 4 aromatic carbocycles. The summed E-state index contributed by atoms with van der Waals surface area (Å²) in [5.41, 5.74) is 7.34. The maximum atomic E-state index is 13.7. The minimum absolute atomic E-state index is 0.236. The molecule has 46 heavy (non-hydrogen) atoms. The second kappa shape index (κ2) is 13.8. The smallest absolute Gasteiger partial charge is 0.339 e. The summed E-state index contributed by atoms with van der Waals surface area (Å²) < 4.78 is 5.63. The van der Waals surface area contributed by atoms with Gasteiger partial charge in [0.05, 0.1) is 26.8 Å². The van der Waals surface area contributed by atoms with Crippen LogP contribution in [-0.2, 0) is 16.0 Å². The summed E-state index contributed by atoms with van der Waals surface area (Å²) in [6.45, 7) is 3.85. The highest BCUT2D eigenvalue weighted by Crippen LogP contribution is 2.37. The number of pyridine rings is 1. The summed E-state index contributed by atoms with van der Waals surface area (Å²) in [4.78, 5) is 33.8. The van der Waals surface area contributed by atoms with E-state index in [4.69, 9.17) is 32.9 Å². The molecule has 1 N–H and O–H groups in total. The van der Waals surface area contributed by atoms with Crippen molar-refractivity contribution in [2.24, 2.45) is 0 Å².